The zero-order valence-corrected chi connectivity index (χ0v) is 10.7. The molecule has 0 unspecified atom stereocenters. The van der Waals surface area contributed by atoms with Crippen LogP contribution in [0.5, 0.6) is 5.75 Å². The maximum absolute atomic E-state index is 5.84. The van der Waals surface area contributed by atoms with Gasteiger partial charge in [-0.3, -0.25) is 0 Å². The Morgan fingerprint density at radius 1 is 1.24 bits per heavy atom. The third-order valence-electron chi connectivity index (χ3n) is 2.85. The van der Waals surface area contributed by atoms with E-state index in [0.717, 1.165) is 35.7 Å². The van der Waals surface area contributed by atoms with Crippen LogP contribution in [-0.4, -0.2) is 11.7 Å². The first-order chi connectivity index (χ1) is 8.24. The molecule has 0 radical (unpaired) electrons. The zero-order valence-electron chi connectivity index (χ0n) is 10.7. The Balaban J connectivity index is 2.43. The van der Waals surface area contributed by atoms with Crippen LogP contribution in [-0.2, 0) is 7.05 Å². The molecule has 0 aliphatic heterocycles. The zero-order chi connectivity index (χ0) is 12.3. The van der Waals surface area contributed by atoms with Gasteiger partial charge in [0.15, 0.2) is 12.7 Å². The fraction of sp³-hybridized carbons (Fsp3) is 0.357. The summed E-state index contributed by atoms with van der Waals surface area (Å²) in [6.07, 6.45) is 1.02. The third kappa shape index (κ3) is 2.33. The van der Waals surface area contributed by atoms with Gasteiger partial charge in [-0.25, -0.2) is 0 Å². The van der Waals surface area contributed by atoms with Crippen LogP contribution >= 0.6 is 0 Å². The normalized spacial score (nSPS) is 10.5. The van der Waals surface area contributed by atoms with Gasteiger partial charge in [0.1, 0.15) is 0 Å². The standard InChI is InChI=1S/C14H18N2O/c1-4-10-17-14-11(2)16(3)15-13(14)12-8-6-5-7-9-12/h5-9H,4,10H2,1-3H3/p+1. The van der Waals surface area contributed by atoms with Crippen LogP contribution in [0.1, 0.15) is 19.0 Å². The monoisotopic (exact) mass is 231 g/mol. The Kier molecular flexibility index (Phi) is 3.47. The molecule has 1 aromatic carbocycles. The summed E-state index contributed by atoms with van der Waals surface area (Å²) in [6, 6.07) is 10.3. The number of hydrogen-bond acceptors (Lipinski definition) is 1. The molecule has 1 N–H and O–H groups in total. The van der Waals surface area contributed by atoms with Crippen LogP contribution in [0, 0.1) is 6.92 Å². The van der Waals surface area contributed by atoms with Crippen LogP contribution in [0.25, 0.3) is 11.3 Å². The molecule has 2 aromatic rings. The molecule has 3 nitrogen and oxygen atoms in total. The molecule has 1 aromatic heterocycles. The lowest BCUT2D eigenvalue weighted by atomic mass is 10.1. The summed E-state index contributed by atoms with van der Waals surface area (Å²) in [7, 11) is 2.00. The fourth-order valence-corrected chi connectivity index (χ4v) is 1.82. The van der Waals surface area contributed by atoms with Gasteiger partial charge in [0.05, 0.1) is 6.61 Å². The fourth-order valence-electron chi connectivity index (χ4n) is 1.82. The van der Waals surface area contributed by atoms with E-state index < -0.39 is 0 Å². The highest BCUT2D eigenvalue weighted by Crippen LogP contribution is 2.29. The number of nitrogens with one attached hydrogen (secondary N) is 1. The average molecular weight is 231 g/mol. The van der Waals surface area contributed by atoms with E-state index in [1.54, 1.807) is 0 Å². The first kappa shape index (κ1) is 11.7. The summed E-state index contributed by atoms with van der Waals surface area (Å²) in [5.74, 6) is 0.959. The number of aromatic nitrogens is 2. The highest BCUT2D eigenvalue weighted by Gasteiger charge is 2.21. The molecular formula is C14H19N2O+. The van der Waals surface area contributed by atoms with Gasteiger partial charge in [0, 0.05) is 12.5 Å². The number of aromatic amines is 1. The Labute approximate surface area is 102 Å². The van der Waals surface area contributed by atoms with E-state index in [0.29, 0.717) is 0 Å². The van der Waals surface area contributed by atoms with Crippen molar-refractivity contribution in [1.29, 1.82) is 0 Å². The van der Waals surface area contributed by atoms with Gasteiger partial charge in [-0.2, -0.15) is 5.10 Å². The van der Waals surface area contributed by atoms with Gasteiger partial charge in [-0.05, 0) is 6.42 Å². The number of hydrogen-bond donors (Lipinski definition) is 1. The van der Waals surface area contributed by atoms with E-state index >= 15 is 0 Å². The molecule has 0 bridgehead atoms. The van der Waals surface area contributed by atoms with E-state index in [4.69, 9.17) is 4.74 Å². The minimum absolute atomic E-state index is 0.749. The van der Waals surface area contributed by atoms with Crippen molar-refractivity contribution in [3.05, 3.63) is 36.0 Å². The maximum Gasteiger partial charge on any atom is 0.246 e. The van der Waals surface area contributed by atoms with Crippen LogP contribution in [0.2, 0.25) is 0 Å². The minimum Gasteiger partial charge on any atom is -0.486 e. The van der Waals surface area contributed by atoms with E-state index in [2.05, 4.69) is 31.1 Å². The summed E-state index contributed by atoms with van der Waals surface area (Å²) in [5.41, 5.74) is 3.33. The van der Waals surface area contributed by atoms with Crippen molar-refractivity contribution < 1.29 is 9.42 Å². The highest BCUT2D eigenvalue weighted by atomic mass is 16.5. The Bertz CT molecular complexity index is 488. The molecule has 90 valence electrons. The Morgan fingerprint density at radius 3 is 2.59 bits per heavy atom. The first-order valence-electron chi connectivity index (χ1n) is 6.01. The quantitative estimate of drug-likeness (QED) is 0.805. The first-order valence-corrected chi connectivity index (χ1v) is 6.01. The number of H-pyrrole nitrogens is 1. The lowest BCUT2D eigenvalue weighted by Gasteiger charge is -2.03. The summed E-state index contributed by atoms with van der Waals surface area (Å²) in [4.78, 5) is 0. The predicted octanol–water partition coefficient (Wildman–Crippen LogP) is 2.60. The van der Waals surface area contributed by atoms with Crippen molar-refractivity contribution in [3.63, 3.8) is 0 Å². The van der Waals surface area contributed by atoms with Gasteiger partial charge in [0.25, 0.3) is 0 Å². The summed E-state index contributed by atoms with van der Waals surface area (Å²) < 4.78 is 7.83. The van der Waals surface area contributed by atoms with Crippen molar-refractivity contribution in [2.24, 2.45) is 7.05 Å². The number of benzene rings is 1. The van der Waals surface area contributed by atoms with E-state index in [1.165, 1.54) is 0 Å². The summed E-state index contributed by atoms with van der Waals surface area (Å²) >= 11 is 0. The Hall–Kier alpha value is -1.77. The smallest absolute Gasteiger partial charge is 0.246 e. The molecule has 0 saturated heterocycles. The van der Waals surface area contributed by atoms with Crippen molar-refractivity contribution >= 4 is 0 Å². The largest absolute Gasteiger partial charge is 0.486 e. The predicted molar refractivity (Wildman–Crippen MR) is 67.9 cm³/mol. The van der Waals surface area contributed by atoms with Gasteiger partial charge in [-0.15, -0.1) is 4.68 Å². The van der Waals surface area contributed by atoms with Gasteiger partial charge in [0.2, 0.25) is 11.4 Å². The highest BCUT2D eigenvalue weighted by molar-refractivity contribution is 5.66. The summed E-state index contributed by atoms with van der Waals surface area (Å²) in [6.45, 7) is 4.93. The topological polar surface area (TPSA) is 28.9 Å². The molecule has 0 aliphatic rings. The third-order valence-corrected chi connectivity index (χ3v) is 2.85. The van der Waals surface area contributed by atoms with Crippen molar-refractivity contribution in [3.8, 4) is 17.0 Å². The second-order valence-electron chi connectivity index (χ2n) is 4.17. The van der Waals surface area contributed by atoms with E-state index in [-0.39, 0.29) is 0 Å². The van der Waals surface area contributed by atoms with Crippen LogP contribution in [0.3, 0.4) is 0 Å². The summed E-state index contributed by atoms with van der Waals surface area (Å²) in [5, 5.41) is 3.33. The number of rotatable bonds is 4. The van der Waals surface area contributed by atoms with Gasteiger partial charge in [-0.1, -0.05) is 37.3 Å². The van der Waals surface area contributed by atoms with Crippen LogP contribution in [0.4, 0.5) is 0 Å². The Morgan fingerprint density at radius 2 is 1.94 bits per heavy atom. The van der Waals surface area contributed by atoms with Crippen LogP contribution in [0.15, 0.2) is 30.3 Å². The lowest BCUT2D eigenvalue weighted by Crippen LogP contribution is -2.32. The molecule has 0 aliphatic carbocycles. The number of aryl methyl sites for hydroxylation is 1. The molecule has 3 heteroatoms. The second-order valence-corrected chi connectivity index (χ2v) is 4.17. The molecular weight excluding hydrogens is 212 g/mol. The molecule has 0 fully saturated rings. The molecule has 17 heavy (non-hydrogen) atoms. The second kappa shape index (κ2) is 5.04. The van der Waals surface area contributed by atoms with Crippen molar-refractivity contribution in [2.75, 3.05) is 6.61 Å². The van der Waals surface area contributed by atoms with Gasteiger partial charge < -0.3 is 4.74 Å². The van der Waals surface area contributed by atoms with E-state index in [9.17, 15) is 0 Å². The number of nitrogens with zero attached hydrogens (tertiary/aromatic N) is 1. The molecule has 0 saturated carbocycles. The molecule has 0 spiro atoms. The van der Waals surface area contributed by atoms with Gasteiger partial charge >= 0.3 is 0 Å². The maximum atomic E-state index is 5.84. The molecule has 2 rings (SSSR count). The van der Waals surface area contributed by atoms with Crippen molar-refractivity contribution in [2.45, 2.75) is 20.3 Å². The molecule has 0 atom stereocenters. The minimum atomic E-state index is 0.749. The van der Waals surface area contributed by atoms with E-state index in [1.807, 2.05) is 29.9 Å². The van der Waals surface area contributed by atoms with Crippen LogP contribution < -0.4 is 9.42 Å². The SMILES string of the molecule is CCCOc1c(-c2ccccc2)[nH][n+](C)c1C. The number of ether oxygens (including phenoxy) is 1. The average Bonchev–Trinajstić information content (AvgIpc) is 2.65. The van der Waals surface area contributed by atoms with Crippen molar-refractivity contribution in [1.82, 2.24) is 5.10 Å². The molecule has 0 amide bonds. The lowest BCUT2D eigenvalue weighted by molar-refractivity contribution is -0.731. The molecule has 1 heterocycles.